The van der Waals surface area contributed by atoms with Gasteiger partial charge in [-0.3, -0.25) is 0 Å². The van der Waals surface area contributed by atoms with E-state index in [-0.39, 0.29) is 0 Å². The van der Waals surface area contributed by atoms with Crippen LogP contribution in [0.1, 0.15) is 12.8 Å². The lowest BCUT2D eigenvalue weighted by Gasteiger charge is -2.34. The molecule has 4 rings (SSSR count). The largest absolute Gasteiger partial charge is 0.360 e. The molecular formula is C20H19Br2N5S. The molecule has 1 saturated heterocycles. The third-order valence-corrected chi connectivity index (χ3v) is 6.26. The predicted octanol–water partition coefficient (Wildman–Crippen LogP) is 5.11. The van der Waals surface area contributed by atoms with Gasteiger partial charge >= 0.3 is 0 Å². The van der Waals surface area contributed by atoms with Crippen LogP contribution in [-0.2, 0) is 0 Å². The number of hydrogen-bond acceptors (Lipinski definition) is 4. The van der Waals surface area contributed by atoms with Gasteiger partial charge in [0, 0.05) is 38.8 Å². The standard InChI is InChI=1S/C20H19Br2N5S/c21-14-5-6-16-13(11-14)12-23-26-19(16)27-9-7-15(8-10-27)24-20(28)25-18-4-2-1-3-17(18)22/h1-6,11-12,15H,7-10H2,(H2,24,25,28). The van der Waals surface area contributed by atoms with Crippen LogP contribution in [0.25, 0.3) is 10.8 Å². The van der Waals surface area contributed by atoms with Gasteiger partial charge < -0.3 is 15.5 Å². The van der Waals surface area contributed by atoms with Crippen LogP contribution < -0.4 is 15.5 Å². The van der Waals surface area contributed by atoms with E-state index in [1.54, 1.807) is 0 Å². The molecule has 1 fully saturated rings. The number of para-hydroxylation sites is 1. The average Bonchev–Trinajstić information content (AvgIpc) is 2.70. The molecule has 5 nitrogen and oxygen atoms in total. The summed E-state index contributed by atoms with van der Waals surface area (Å²) in [4.78, 5) is 2.31. The van der Waals surface area contributed by atoms with E-state index >= 15 is 0 Å². The zero-order chi connectivity index (χ0) is 19.5. The van der Waals surface area contributed by atoms with Gasteiger partial charge in [0.05, 0.1) is 11.9 Å². The Morgan fingerprint density at radius 1 is 1.11 bits per heavy atom. The van der Waals surface area contributed by atoms with Crippen molar-refractivity contribution >= 4 is 71.5 Å². The summed E-state index contributed by atoms with van der Waals surface area (Å²) in [6.07, 6.45) is 3.79. The number of hydrogen-bond donors (Lipinski definition) is 2. The number of rotatable bonds is 3. The van der Waals surface area contributed by atoms with Crippen molar-refractivity contribution in [2.24, 2.45) is 0 Å². The Labute approximate surface area is 186 Å². The smallest absolute Gasteiger partial charge is 0.171 e. The van der Waals surface area contributed by atoms with Crippen LogP contribution in [0, 0.1) is 0 Å². The maximum atomic E-state index is 5.49. The Balaban J connectivity index is 1.37. The van der Waals surface area contributed by atoms with Gasteiger partial charge in [-0.15, -0.1) is 5.10 Å². The second-order valence-electron chi connectivity index (χ2n) is 6.74. The van der Waals surface area contributed by atoms with Crippen LogP contribution in [-0.4, -0.2) is 34.4 Å². The lowest BCUT2D eigenvalue weighted by Crippen LogP contribution is -2.46. The number of thiocarbonyl (C=S) groups is 1. The monoisotopic (exact) mass is 519 g/mol. The third kappa shape index (κ3) is 4.45. The molecular weight excluding hydrogens is 502 g/mol. The van der Waals surface area contributed by atoms with Crippen LogP contribution in [0.15, 0.2) is 57.6 Å². The highest BCUT2D eigenvalue weighted by molar-refractivity contribution is 9.10. The average molecular weight is 521 g/mol. The number of nitrogens with one attached hydrogen (secondary N) is 2. The molecule has 0 spiro atoms. The van der Waals surface area contributed by atoms with Crippen molar-refractivity contribution in [1.82, 2.24) is 15.5 Å². The molecule has 144 valence electrons. The van der Waals surface area contributed by atoms with Crippen LogP contribution in [0.3, 0.4) is 0 Å². The van der Waals surface area contributed by atoms with Crippen LogP contribution in [0.2, 0.25) is 0 Å². The maximum absolute atomic E-state index is 5.49. The second-order valence-corrected chi connectivity index (χ2v) is 8.92. The third-order valence-electron chi connectivity index (χ3n) is 4.86. The van der Waals surface area contributed by atoms with Gasteiger partial charge in [-0.1, -0.05) is 28.1 Å². The van der Waals surface area contributed by atoms with E-state index in [1.807, 2.05) is 36.5 Å². The number of benzene rings is 2. The zero-order valence-corrected chi connectivity index (χ0v) is 19.0. The Morgan fingerprint density at radius 2 is 1.89 bits per heavy atom. The fourth-order valence-electron chi connectivity index (χ4n) is 3.42. The molecule has 0 amide bonds. The van der Waals surface area contributed by atoms with E-state index in [0.29, 0.717) is 11.2 Å². The summed E-state index contributed by atoms with van der Waals surface area (Å²) in [5.41, 5.74) is 0.967. The molecule has 0 bridgehead atoms. The van der Waals surface area contributed by atoms with Crippen molar-refractivity contribution in [3.8, 4) is 0 Å². The Kier molecular flexibility index (Phi) is 6.08. The number of nitrogens with zero attached hydrogens (tertiary/aromatic N) is 3. The normalized spacial score (nSPS) is 14.9. The summed E-state index contributed by atoms with van der Waals surface area (Å²) in [7, 11) is 0. The summed E-state index contributed by atoms with van der Waals surface area (Å²) in [6, 6.07) is 14.5. The van der Waals surface area contributed by atoms with Gasteiger partial charge in [0.25, 0.3) is 0 Å². The molecule has 0 radical (unpaired) electrons. The zero-order valence-electron chi connectivity index (χ0n) is 15.0. The molecule has 2 heterocycles. The minimum atomic E-state index is 0.343. The first-order chi connectivity index (χ1) is 13.6. The van der Waals surface area contributed by atoms with Crippen molar-refractivity contribution < 1.29 is 0 Å². The molecule has 1 aliphatic rings. The van der Waals surface area contributed by atoms with E-state index in [0.717, 1.165) is 57.2 Å². The Bertz CT molecular complexity index is 1000. The van der Waals surface area contributed by atoms with Gasteiger partial charge in [-0.25, -0.2) is 0 Å². The fraction of sp³-hybridized carbons (Fsp3) is 0.250. The van der Waals surface area contributed by atoms with E-state index in [9.17, 15) is 0 Å². The Morgan fingerprint density at radius 3 is 2.68 bits per heavy atom. The number of piperidine rings is 1. The molecule has 0 saturated carbocycles. The number of fused-ring (bicyclic) bond motifs is 1. The van der Waals surface area contributed by atoms with E-state index < -0.39 is 0 Å². The quantitative estimate of drug-likeness (QED) is 0.468. The number of anilines is 2. The lowest BCUT2D eigenvalue weighted by atomic mass is 10.0. The molecule has 1 aliphatic heterocycles. The molecule has 0 atom stereocenters. The van der Waals surface area contributed by atoms with Gasteiger partial charge in [0.1, 0.15) is 0 Å². The second kappa shape index (κ2) is 8.71. The summed E-state index contributed by atoms with van der Waals surface area (Å²) in [6.45, 7) is 1.83. The van der Waals surface area contributed by atoms with Crippen LogP contribution >= 0.6 is 44.1 Å². The number of aromatic nitrogens is 2. The van der Waals surface area contributed by atoms with Gasteiger partial charge in [-0.2, -0.15) is 5.10 Å². The van der Waals surface area contributed by atoms with Gasteiger partial charge in [0.15, 0.2) is 10.9 Å². The first kappa shape index (κ1) is 19.5. The van der Waals surface area contributed by atoms with Crippen molar-refractivity contribution in [3.05, 3.63) is 57.6 Å². The highest BCUT2D eigenvalue weighted by atomic mass is 79.9. The maximum Gasteiger partial charge on any atom is 0.171 e. The SMILES string of the molecule is S=C(Nc1ccccc1Br)NC1CCN(c2nncc3cc(Br)ccc23)CC1. The van der Waals surface area contributed by atoms with Crippen molar-refractivity contribution in [1.29, 1.82) is 0 Å². The summed E-state index contributed by atoms with van der Waals surface area (Å²) in [5.74, 6) is 0.956. The topological polar surface area (TPSA) is 53.1 Å². The molecule has 28 heavy (non-hydrogen) atoms. The van der Waals surface area contributed by atoms with E-state index in [4.69, 9.17) is 12.2 Å². The first-order valence-corrected chi connectivity index (χ1v) is 11.1. The van der Waals surface area contributed by atoms with Gasteiger partial charge in [-0.05, 0) is 71.3 Å². The van der Waals surface area contributed by atoms with Crippen LogP contribution in [0.5, 0.6) is 0 Å². The number of halogens is 2. The molecule has 2 N–H and O–H groups in total. The minimum Gasteiger partial charge on any atom is -0.360 e. The Hall–Kier alpha value is -1.77. The molecule has 0 aliphatic carbocycles. The highest BCUT2D eigenvalue weighted by Crippen LogP contribution is 2.28. The van der Waals surface area contributed by atoms with Crippen molar-refractivity contribution in [2.45, 2.75) is 18.9 Å². The molecule has 2 aromatic carbocycles. The molecule has 8 heteroatoms. The molecule has 0 unspecified atom stereocenters. The summed E-state index contributed by atoms with van der Waals surface area (Å²) in [5, 5.41) is 18.2. The molecule has 3 aromatic rings. The highest BCUT2D eigenvalue weighted by Gasteiger charge is 2.22. The minimum absolute atomic E-state index is 0.343. The first-order valence-electron chi connectivity index (χ1n) is 9.08. The summed E-state index contributed by atoms with van der Waals surface area (Å²) < 4.78 is 2.04. The lowest BCUT2D eigenvalue weighted by molar-refractivity contribution is 0.466. The fourth-order valence-corrected chi connectivity index (χ4v) is 4.46. The van der Waals surface area contributed by atoms with Gasteiger partial charge in [0.2, 0.25) is 0 Å². The van der Waals surface area contributed by atoms with E-state index in [1.165, 1.54) is 0 Å². The van der Waals surface area contributed by atoms with E-state index in [2.05, 4.69) is 69.7 Å². The molecule has 1 aromatic heterocycles. The van der Waals surface area contributed by atoms with Crippen molar-refractivity contribution in [2.75, 3.05) is 23.3 Å². The van der Waals surface area contributed by atoms with Crippen LogP contribution in [0.4, 0.5) is 11.5 Å². The predicted molar refractivity (Wildman–Crippen MR) is 126 cm³/mol. The summed E-state index contributed by atoms with van der Waals surface area (Å²) >= 11 is 12.5. The van der Waals surface area contributed by atoms with Crippen molar-refractivity contribution in [3.63, 3.8) is 0 Å².